The molecule has 3 aromatic rings. The molecule has 3 N–H and O–H groups in total. The number of nitrogens with one attached hydrogen (secondary N) is 2. The van der Waals surface area contributed by atoms with Crippen LogP contribution in [0.3, 0.4) is 0 Å². The van der Waals surface area contributed by atoms with Crippen LogP contribution in [0.25, 0.3) is 0 Å². The van der Waals surface area contributed by atoms with E-state index >= 15 is 0 Å². The van der Waals surface area contributed by atoms with Gasteiger partial charge in [-0.2, -0.15) is 0 Å². The second-order valence-corrected chi connectivity index (χ2v) is 4.75. The fraction of sp³-hybridized carbons (Fsp3) is 0.0625. The number of benzene rings is 1. The lowest BCUT2D eigenvalue weighted by Crippen LogP contribution is -2.36. The Morgan fingerprint density at radius 3 is 2.36 bits per heavy atom. The van der Waals surface area contributed by atoms with E-state index in [1.807, 2.05) is 12.1 Å². The fourth-order valence-electron chi connectivity index (χ4n) is 2.05. The molecule has 3 rings (SSSR count). The van der Waals surface area contributed by atoms with E-state index in [2.05, 4.69) is 15.6 Å². The normalized spacial score (nSPS) is 10.5. The highest BCUT2D eigenvalue weighted by Crippen LogP contribution is 2.22. The van der Waals surface area contributed by atoms with Crippen LogP contribution in [-0.4, -0.2) is 10.1 Å². The first-order chi connectivity index (χ1) is 10.6. The van der Waals surface area contributed by atoms with Crippen molar-refractivity contribution < 1.29 is 5.11 Å². The smallest absolute Gasteiger partial charge is 0.253 e. The van der Waals surface area contributed by atoms with Crippen LogP contribution in [0.1, 0.15) is 5.69 Å². The minimum Gasteiger partial charge on any atom is -0.508 e. The molecule has 22 heavy (non-hydrogen) atoms. The summed E-state index contributed by atoms with van der Waals surface area (Å²) in [5.41, 5.74) is 0.765. The lowest BCUT2D eigenvalue weighted by Gasteiger charge is -2.14. The van der Waals surface area contributed by atoms with Gasteiger partial charge in [0.25, 0.3) is 10.9 Å². The Kier molecular flexibility index (Phi) is 3.57. The van der Waals surface area contributed by atoms with Gasteiger partial charge in [0.2, 0.25) is 0 Å². The van der Waals surface area contributed by atoms with Crippen molar-refractivity contribution in [3.05, 3.63) is 74.8 Å². The Balaban J connectivity index is 1.76. The molecule has 0 bridgehead atoms. The fourth-order valence-corrected chi connectivity index (χ4v) is 2.05. The summed E-state index contributed by atoms with van der Waals surface area (Å²) in [5.74, 6) is 0.129. The number of phenols is 1. The topological polar surface area (TPSA) is 91.3 Å². The van der Waals surface area contributed by atoms with Gasteiger partial charge in [0.05, 0.1) is 12.2 Å². The lowest BCUT2D eigenvalue weighted by molar-refractivity contribution is 0.475. The molecular weight excluding hydrogens is 282 g/mol. The van der Waals surface area contributed by atoms with Crippen molar-refractivity contribution in [2.45, 2.75) is 6.54 Å². The number of aromatic nitrogens is 1. The van der Waals surface area contributed by atoms with Gasteiger partial charge in [0.1, 0.15) is 17.1 Å². The van der Waals surface area contributed by atoms with Gasteiger partial charge in [-0.3, -0.25) is 14.6 Å². The summed E-state index contributed by atoms with van der Waals surface area (Å²) in [4.78, 5) is 27.5. The van der Waals surface area contributed by atoms with E-state index in [4.69, 9.17) is 0 Å². The van der Waals surface area contributed by atoms with Gasteiger partial charge in [-0.15, -0.1) is 0 Å². The molecule has 0 aliphatic carbocycles. The third-order valence-electron chi connectivity index (χ3n) is 3.22. The third-order valence-corrected chi connectivity index (χ3v) is 3.22. The van der Waals surface area contributed by atoms with Crippen LogP contribution < -0.4 is 21.5 Å². The summed E-state index contributed by atoms with van der Waals surface area (Å²) in [6.07, 6.45) is 1.66. The van der Waals surface area contributed by atoms with Crippen molar-refractivity contribution in [3.63, 3.8) is 0 Å². The molecule has 0 saturated carbocycles. The third kappa shape index (κ3) is 2.67. The summed E-state index contributed by atoms with van der Waals surface area (Å²) < 4.78 is 0. The summed E-state index contributed by atoms with van der Waals surface area (Å²) in [6, 6.07) is 11.7. The number of aromatic hydroxyl groups is 1. The Hall–Kier alpha value is -3.15. The van der Waals surface area contributed by atoms with E-state index in [-0.39, 0.29) is 17.1 Å². The molecule has 0 fully saturated rings. The van der Waals surface area contributed by atoms with Crippen LogP contribution in [0.4, 0.5) is 17.1 Å². The maximum atomic E-state index is 11.7. The number of nitrogens with zero attached hydrogens (tertiary/aromatic N) is 1. The summed E-state index contributed by atoms with van der Waals surface area (Å²) in [6.45, 7) is 0.357. The average Bonchev–Trinajstić information content (AvgIpc) is 2.56. The summed E-state index contributed by atoms with van der Waals surface area (Å²) >= 11 is 0. The predicted octanol–water partition coefficient (Wildman–Crippen LogP) is 1.74. The van der Waals surface area contributed by atoms with E-state index in [9.17, 15) is 14.7 Å². The van der Waals surface area contributed by atoms with Gasteiger partial charge in [0, 0.05) is 11.9 Å². The zero-order valence-corrected chi connectivity index (χ0v) is 11.5. The van der Waals surface area contributed by atoms with Gasteiger partial charge < -0.3 is 15.7 Å². The van der Waals surface area contributed by atoms with Crippen LogP contribution in [0.15, 0.2) is 58.3 Å². The quantitative estimate of drug-likeness (QED) is 0.490. The van der Waals surface area contributed by atoms with Crippen molar-refractivity contribution in [3.8, 4) is 5.75 Å². The molecule has 0 aliphatic heterocycles. The second-order valence-electron chi connectivity index (χ2n) is 4.75. The predicted molar refractivity (Wildman–Crippen MR) is 84.3 cm³/mol. The Morgan fingerprint density at radius 2 is 1.68 bits per heavy atom. The average molecular weight is 295 g/mol. The van der Waals surface area contributed by atoms with Crippen molar-refractivity contribution in [1.29, 1.82) is 0 Å². The summed E-state index contributed by atoms with van der Waals surface area (Å²) in [7, 11) is 0. The SMILES string of the molecule is O=c1c(NCc2ccccn2)c(Nc2ccc(O)cc2)c1=O. The van der Waals surface area contributed by atoms with E-state index in [0.29, 0.717) is 12.2 Å². The van der Waals surface area contributed by atoms with Crippen LogP contribution in [-0.2, 0) is 6.54 Å². The molecular formula is C16H13N3O3. The highest BCUT2D eigenvalue weighted by Gasteiger charge is 2.20. The van der Waals surface area contributed by atoms with Crippen LogP contribution >= 0.6 is 0 Å². The molecule has 6 heteroatoms. The van der Waals surface area contributed by atoms with Crippen molar-refractivity contribution in [1.82, 2.24) is 4.98 Å². The molecule has 0 amide bonds. The van der Waals surface area contributed by atoms with Crippen LogP contribution in [0.5, 0.6) is 5.75 Å². The number of hydrogen-bond donors (Lipinski definition) is 3. The highest BCUT2D eigenvalue weighted by atomic mass is 16.3. The molecule has 0 atom stereocenters. The largest absolute Gasteiger partial charge is 0.508 e. The van der Waals surface area contributed by atoms with Crippen LogP contribution in [0.2, 0.25) is 0 Å². The molecule has 0 spiro atoms. The minimum atomic E-state index is -0.559. The Bertz CT molecular complexity index is 851. The van der Waals surface area contributed by atoms with E-state index < -0.39 is 10.9 Å². The molecule has 2 aromatic carbocycles. The maximum absolute atomic E-state index is 11.7. The Labute approximate surface area is 125 Å². The number of phenolic OH excluding ortho intramolecular Hbond substituents is 1. The van der Waals surface area contributed by atoms with Crippen molar-refractivity contribution >= 4 is 17.1 Å². The van der Waals surface area contributed by atoms with Gasteiger partial charge in [-0.1, -0.05) is 6.07 Å². The van der Waals surface area contributed by atoms with Gasteiger partial charge >= 0.3 is 0 Å². The molecule has 6 nitrogen and oxygen atoms in total. The first kappa shape index (κ1) is 13.8. The second kappa shape index (κ2) is 5.69. The molecule has 110 valence electrons. The molecule has 0 unspecified atom stereocenters. The highest BCUT2D eigenvalue weighted by molar-refractivity contribution is 5.78. The first-order valence-electron chi connectivity index (χ1n) is 6.68. The molecule has 0 saturated heterocycles. The van der Waals surface area contributed by atoms with Gasteiger partial charge in [-0.05, 0) is 36.4 Å². The van der Waals surface area contributed by atoms with Gasteiger partial charge in [0.15, 0.2) is 0 Å². The van der Waals surface area contributed by atoms with E-state index in [1.165, 1.54) is 12.1 Å². The van der Waals surface area contributed by atoms with Gasteiger partial charge in [-0.25, -0.2) is 0 Å². The van der Waals surface area contributed by atoms with Crippen molar-refractivity contribution in [2.24, 2.45) is 0 Å². The number of pyridine rings is 1. The standard InChI is InChI=1S/C16H13N3O3/c20-12-6-4-10(5-7-12)19-14-13(15(21)16(14)22)18-9-11-3-1-2-8-17-11/h1-8,18-20H,9H2. The lowest BCUT2D eigenvalue weighted by atomic mass is 10.1. The van der Waals surface area contributed by atoms with Crippen LogP contribution in [0, 0.1) is 0 Å². The van der Waals surface area contributed by atoms with E-state index in [0.717, 1.165) is 5.69 Å². The monoisotopic (exact) mass is 295 g/mol. The molecule has 1 aromatic heterocycles. The molecule has 0 aliphatic rings. The first-order valence-corrected chi connectivity index (χ1v) is 6.68. The van der Waals surface area contributed by atoms with Crippen molar-refractivity contribution in [2.75, 3.05) is 10.6 Å². The number of rotatable bonds is 5. The minimum absolute atomic E-state index is 0.129. The zero-order valence-electron chi connectivity index (χ0n) is 11.5. The zero-order chi connectivity index (χ0) is 15.5. The van der Waals surface area contributed by atoms with E-state index in [1.54, 1.807) is 24.4 Å². The maximum Gasteiger partial charge on any atom is 0.253 e. The molecule has 1 heterocycles. The summed E-state index contributed by atoms with van der Waals surface area (Å²) in [5, 5.41) is 15.1. The number of anilines is 3. The Morgan fingerprint density at radius 1 is 0.955 bits per heavy atom. The molecule has 0 radical (unpaired) electrons. The number of hydrogen-bond acceptors (Lipinski definition) is 6.